The fourth-order valence-electron chi connectivity index (χ4n) is 0.958. The van der Waals surface area contributed by atoms with Gasteiger partial charge in [-0.1, -0.05) is 49.1 Å². The van der Waals surface area contributed by atoms with Crippen LogP contribution < -0.4 is 0 Å². The molecule has 0 amide bonds. The van der Waals surface area contributed by atoms with Crippen LogP contribution in [0.25, 0.3) is 6.08 Å². The first-order valence-electron chi connectivity index (χ1n) is 4.63. The zero-order chi connectivity index (χ0) is 9.36. The molecule has 0 aliphatic rings. The summed E-state index contributed by atoms with van der Waals surface area (Å²) < 4.78 is 0. The average Bonchev–Trinajstić information content (AvgIpc) is 2.19. The van der Waals surface area contributed by atoms with Crippen LogP contribution >= 0.6 is 0 Å². The van der Waals surface area contributed by atoms with Gasteiger partial charge in [0.25, 0.3) is 0 Å². The first-order chi connectivity index (χ1) is 6.43. The van der Waals surface area contributed by atoms with Gasteiger partial charge in [-0.25, -0.2) is 0 Å². The Bertz CT molecular complexity index is 309. The maximum absolute atomic E-state index is 3.07. The molecule has 0 radical (unpaired) electrons. The molecule has 1 aromatic rings. The van der Waals surface area contributed by atoms with E-state index in [0.29, 0.717) is 0 Å². The van der Waals surface area contributed by atoms with Crippen LogP contribution in [0.1, 0.15) is 25.3 Å². The average molecular weight is 170 g/mol. The van der Waals surface area contributed by atoms with Crippen molar-refractivity contribution in [2.75, 3.05) is 0 Å². The first kappa shape index (κ1) is 9.61. The van der Waals surface area contributed by atoms with E-state index in [-0.39, 0.29) is 0 Å². The van der Waals surface area contributed by atoms with E-state index in [0.717, 1.165) is 12.8 Å². The second-order valence-corrected chi connectivity index (χ2v) is 2.82. The molecule has 66 valence electrons. The van der Waals surface area contributed by atoms with Gasteiger partial charge in [0, 0.05) is 6.42 Å². The lowest BCUT2D eigenvalue weighted by molar-refractivity contribution is 0.983. The fourth-order valence-corrected chi connectivity index (χ4v) is 0.958. The van der Waals surface area contributed by atoms with Crippen molar-refractivity contribution < 1.29 is 0 Å². The van der Waals surface area contributed by atoms with Crippen LogP contribution in [-0.2, 0) is 0 Å². The number of benzene rings is 1. The zero-order valence-electron chi connectivity index (χ0n) is 7.96. The summed E-state index contributed by atoms with van der Waals surface area (Å²) >= 11 is 0. The van der Waals surface area contributed by atoms with Crippen molar-refractivity contribution >= 4 is 6.08 Å². The summed E-state index contributed by atoms with van der Waals surface area (Å²) in [6.07, 6.45) is 6.05. The van der Waals surface area contributed by atoms with Crippen LogP contribution in [-0.4, -0.2) is 0 Å². The molecule has 0 saturated carbocycles. The van der Waals surface area contributed by atoms with E-state index >= 15 is 0 Å². The third-order valence-electron chi connectivity index (χ3n) is 1.64. The summed E-state index contributed by atoms with van der Waals surface area (Å²) in [5, 5.41) is 0. The number of allylic oxidation sites excluding steroid dienone is 1. The van der Waals surface area contributed by atoms with Gasteiger partial charge in [-0.2, -0.15) is 0 Å². The predicted molar refractivity (Wildman–Crippen MR) is 58.2 cm³/mol. The van der Waals surface area contributed by atoms with Crippen molar-refractivity contribution in [1.82, 2.24) is 0 Å². The molecule has 0 saturated heterocycles. The third-order valence-corrected chi connectivity index (χ3v) is 1.64. The fraction of sp³-hybridized carbons (Fsp3) is 0.231. The van der Waals surface area contributed by atoms with Crippen molar-refractivity contribution in [3.05, 3.63) is 42.0 Å². The van der Waals surface area contributed by atoms with E-state index in [4.69, 9.17) is 0 Å². The minimum absolute atomic E-state index is 0.985. The summed E-state index contributed by atoms with van der Waals surface area (Å²) in [5.41, 5.74) is 1.20. The molecule has 0 spiro atoms. The highest BCUT2D eigenvalue weighted by molar-refractivity contribution is 5.52. The van der Waals surface area contributed by atoms with Gasteiger partial charge in [-0.3, -0.25) is 0 Å². The van der Waals surface area contributed by atoms with Gasteiger partial charge in [0.2, 0.25) is 0 Å². The molecule has 0 aliphatic heterocycles. The highest BCUT2D eigenvalue weighted by Gasteiger charge is 1.79. The lowest BCUT2D eigenvalue weighted by atomic mass is 10.2. The van der Waals surface area contributed by atoms with Crippen LogP contribution in [0.4, 0.5) is 0 Å². The second kappa shape index (κ2) is 6.08. The molecule has 0 aliphatic carbocycles. The molecular weight excluding hydrogens is 156 g/mol. The van der Waals surface area contributed by atoms with Gasteiger partial charge < -0.3 is 0 Å². The van der Waals surface area contributed by atoms with Crippen LogP contribution in [0, 0.1) is 11.8 Å². The second-order valence-electron chi connectivity index (χ2n) is 2.82. The Balaban J connectivity index is 2.47. The summed E-state index contributed by atoms with van der Waals surface area (Å²) in [6.45, 7) is 2.13. The molecule has 0 N–H and O–H groups in total. The quantitative estimate of drug-likeness (QED) is 0.596. The summed E-state index contributed by atoms with van der Waals surface area (Å²) in [5.74, 6) is 6.07. The molecule has 1 rings (SSSR count). The summed E-state index contributed by atoms with van der Waals surface area (Å²) in [6, 6.07) is 10.2. The first-order valence-corrected chi connectivity index (χ1v) is 4.63. The molecule has 0 bridgehead atoms. The molecule has 0 atom stereocenters. The van der Waals surface area contributed by atoms with E-state index in [1.807, 2.05) is 30.4 Å². The molecule has 13 heavy (non-hydrogen) atoms. The topological polar surface area (TPSA) is 0 Å². The Morgan fingerprint density at radius 1 is 1.23 bits per heavy atom. The molecular formula is C13H14. The van der Waals surface area contributed by atoms with Gasteiger partial charge in [0.05, 0.1) is 0 Å². The minimum atomic E-state index is 0.985. The monoisotopic (exact) mass is 170 g/mol. The standard InChI is InChI=1S/C13H14/c1-2-3-4-5-7-10-13-11-8-6-9-12-13/h6-12H,2-3H2,1H3/b10-7+. The molecule has 0 fully saturated rings. The number of hydrogen-bond acceptors (Lipinski definition) is 0. The largest absolute Gasteiger partial charge is 0.0985 e. The maximum Gasteiger partial charge on any atom is 0.00896 e. The smallest absolute Gasteiger partial charge is 0.00896 e. The van der Waals surface area contributed by atoms with Crippen molar-refractivity contribution in [2.24, 2.45) is 0 Å². The number of unbranched alkanes of at least 4 members (excludes halogenated alkanes) is 1. The predicted octanol–water partition coefficient (Wildman–Crippen LogP) is 3.50. The number of rotatable bonds is 2. The van der Waals surface area contributed by atoms with Crippen molar-refractivity contribution in [3.63, 3.8) is 0 Å². The molecule has 0 heterocycles. The Morgan fingerprint density at radius 3 is 2.69 bits per heavy atom. The highest BCUT2D eigenvalue weighted by atomic mass is 13.8. The Hall–Kier alpha value is -1.48. The third kappa shape index (κ3) is 4.18. The van der Waals surface area contributed by atoms with Crippen LogP contribution in [0.5, 0.6) is 0 Å². The van der Waals surface area contributed by atoms with Crippen LogP contribution in [0.2, 0.25) is 0 Å². The molecule has 0 aromatic heterocycles. The molecule has 0 nitrogen and oxygen atoms in total. The molecule has 0 unspecified atom stereocenters. The van der Waals surface area contributed by atoms with Crippen molar-refractivity contribution in [1.29, 1.82) is 0 Å². The van der Waals surface area contributed by atoms with Gasteiger partial charge >= 0.3 is 0 Å². The van der Waals surface area contributed by atoms with Gasteiger partial charge in [-0.05, 0) is 24.1 Å². The lowest BCUT2D eigenvalue weighted by Gasteiger charge is -1.87. The Kier molecular flexibility index (Phi) is 4.49. The SMILES string of the molecule is CCCC#C/C=C/c1ccccc1. The van der Waals surface area contributed by atoms with E-state index < -0.39 is 0 Å². The van der Waals surface area contributed by atoms with Gasteiger partial charge in [-0.15, -0.1) is 0 Å². The Morgan fingerprint density at radius 2 is 2.00 bits per heavy atom. The molecule has 0 heteroatoms. The van der Waals surface area contributed by atoms with E-state index in [1.54, 1.807) is 0 Å². The van der Waals surface area contributed by atoms with Crippen molar-refractivity contribution in [3.8, 4) is 11.8 Å². The van der Waals surface area contributed by atoms with E-state index in [1.165, 1.54) is 5.56 Å². The molecule has 1 aromatic carbocycles. The van der Waals surface area contributed by atoms with Crippen LogP contribution in [0.15, 0.2) is 36.4 Å². The minimum Gasteiger partial charge on any atom is -0.0985 e. The zero-order valence-corrected chi connectivity index (χ0v) is 7.96. The van der Waals surface area contributed by atoms with Crippen molar-refractivity contribution in [2.45, 2.75) is 19.8 Å². The summed E-state index contributed by atoms with van der Waals surface area (Å²) in [4.78, 5) is 0. The lowest BCUT2D eigenvalue weighted by Crippen LogP contribution is -1.67. The van der Waals surface area contributed by atoms with E-state index in [2.05, 4.69) is 30.9 Å². The highest BCUT2D eigenvalue weighted by Crippen LogP contribution is 1.99. The Labute approximate surface area is 80.3 Å². The van der Waals surface area contributed by atoms with Gasteiger partial charge in [0.15, 0.2) is 0 Å². The normalized spacial score (nSPS) is 9.62. The van der Waals surface area contributed by atoms with E-state index in [9.17, 15) is 0 Å². The summed E-state index contributed by atoms with van der Waals surface area (Å²) in [7, 11) is 0. The van der Waals surface area contributed by atoms with Crippen LogP contribution in [0.3, 0.4) is 0 Å². The number of hydrogen-bond donors (Lipinski definition) is 0. The van der Waals surface area contributed by atoms with Gasteiger partial charge in [0.1, 0.15) is 0 Å². The maximum atomic E-state index is 3.07.